The van der Waals surface area contributed by atoms with E-state index in [4.69, 9.17) is 0 Å². The van der Waals surface area contributed by atoms with E-state index in [2.05, 4.69) is 47.2 Å². The lowest BCUT2D eigenvalue weighted by molar-refractivity contribution is -0.115. The zero-order chi connectivity index (χ0) is 15.2. The van der Waals surface area contributed by atoms with E-state index in [1.54, 1.807) is 6.20 Å². The number of aryl methyl sites for hydroxylation is 1. The SMILES string of the molecule is CCC(=O)Nc1ccc(N(CC)c2cccc(C)c2)nc1. The summed E-state index contributed by atoms with van der Waals surface area (Å²) in [6, 6.07) is 12.1. The van der Waals surface area contributed by atoms with Gasteiger partial charge in [-0.1, -0.05) is 19.1 Å². The van der Waals surface area contributed by atoms with Crippen LogP contribution in [0.1, 0.15) is 25.8 Å². The smallest absolute Gasteiger partial charge is 0.224 e. The van der Waals surface area contributed by atoms with Crippen LogP contribution in [0.2, 0.25) is 0 Å². The first-order valence-corrected chi connectivity index (χ1v) is 7.24. The van der Waals surface area contributed by atoms with Crippen LogP contribution in [0.3, 0.4) is 0 Å². The summed E-state index contributed by atoms with van der Waals surface area (Å²) in [7, 11) is 0. The Morgan fingerprint density at radius 3 is 2.62 bits per heavy atom. The molecule has 0 spiro atoms. The Morgan fingerprint density at radius 2 is 2.05 bits per heavy atom. The Labute approximate surface area is 125 Å². The topological polar surface area (TPSA) is 45.2 Å². The molecule has 1 amide bonds. The van der Waals surface area contributed by atoms with Crippen LogP contribution in [-0.2, 0) is 4.79 Å². The molecule has 110 valence electrons. The van der Waals surface area contributed by atoms with Gasteiger partial charge in [0.2, 0.25) is 5.91 Å². The molecular weight excluding hydrogens is 262 g/mol. The molecule has 2 aromatic rings. The zero-order valence-corrected chi connectivity index (χ0v) is 12.8. The van der Waals surface area contributed by atoms with Crippen molar-refractivity contribution in [3.63, 3.8) is 0 Å². The molecule has 0 fully saturated rings. The Kier molecular flexibility index (Phi) is 4.93. The van der Waals surface area contributed by atoms with E-state index in [9.17, 15) is 4.79 Å². The van der Waals surface area contributed by atoms with E-state index in [1.807, 2.05) is 25.1 Å². The van der Waals surface area contributed by atoms with Crippen LogP contribution in [0.4, 0.5) is 17.2 Å². The summed E-state index contributed by atoms with van der Waals surface area (Å²) in [5.74, 6) is 0.869. The minimum atomic E-state index is -0.00409. The number of nitrogens with one attached hydrogen (secondary N) is 1. The molecule has 1 aromatic carbocycles. The molecule has 4 nitrogen and oxygen atoms in total. The van der Waals surface area contributed by atoms with Gasteiger partial charge in [0, 0.05) is 18.7 Å². The van der Waals surface area contributed by atoms with Gasteiger partial charge in [-0.3, -0.25) is 4.79 Å². The number of rotatable bonds is 5. The van der Waals surface area contributed by atoms with Gasteiger partial charge in [0.25, 0.3) is 0 Å². The first-order valence-electron chi connectivity index (χ1n) is 7.24. The van der Waals surface area contributed by atoms with Gasteiger partial charge >= 0.3 is 0 Å². The van der Waals surface area contributed by atoms with Crippen molar-refractivity contribution < 1.29 is 4.79 Å². The van der Waals surface area contributed by atoms with Gasteiger partial charge in [0.05, 0.1) is 11.9 Å². The van der Waals surface area contributed by atoms with Gasteiger partial charge in [-0.05, 0) is 43.7 Å². The Balaban J connectivity index is 2.21. The largest absolute Gasteiger partial charge is 0.327 e. The average molecular weight is 283 g/mol. The van der Waals surface area contributed by atoms with Crippen LogP contribution in [0, 0.1) is 6.92 Å². The van der Waals surface area contributed by atoms with Gasteiger partial charge in [0.1, 0.15) is 5.82 Å². The lowest BCUT2D eigenvalue weighted by Gasteiger charge is -2.22. The number of aromatic nitrogens is 1. The minimum absolute atomic E-state index is 0.00409. The lowest BCUT2D eigenvalue weighted by Crippen LogP contribution is -2.17. The number of amides is 1. The Bertz CT molecular complexity index is 608. The number of benzene rings is 1. The van der Waals surface area contributed by atoms with Crippen LogP contribution in [0.5, 0.6) is 0 Å². The third-order valence-corrected chi connectivity index (χ3v) is 3.26. The molecule has 0 saturated carbocycles. The maximum Gasteiger partial charge on any atom is 0.224 e. The van der Waals surface area contributed by atoms with E-state index in [-0.39, 0.29) is 5.91 Å². The molecule has 1 N–H and O–H groups in total. The van der Waals surface area contributed by atoms with E-state index in [0.29, 0.717) is 6.42 Å². The quantitative estimate of drug-likeness (QED) is 0.905. The molecule has 2 rings (SSSR count). The summed E-state index contributed by atoms with van der Waals surface area (Å²) in [6.07, 6.45) is 2.16. The summed E-state index contributed by atoms with van der Waals surface area (Å²) in [6.45, 7) is 6.83. The molecule has 4 heteroatoms. The van der Waals surface area contributed by atoms with Crippen molar-refractivity contribution >= 4 is 23.1 Å². The van der Waals surface area contributed by atoms with E-state index in [1.165, 1.54) is 5.56 Å². The monoisotopic (exact) mass is 283 g/mol. The van der Waals surface area contributed by atoms with Gasteiger partial charge in [-0.2, -0.15) is 0 Å². The van der Waals surface area contributed by atoms with Crippen LogP contribution in [0.15, 0.2) is 42.6 Å². The van der Waals surface area contributed by atoms with Crippen molar-refractivity contribution in [3.8, 4) is 0 Å². The van der Waals surface area contributed by atoms with Crippen molar-refractivity contribution in [1.82, 2.24) is 4.98 Å². The third-order valence-electron chi connectivity index (χ3n) is 3.26. The molecule has 0 bridgehead atoms. The molecule has 0 radical (unpaired) electrons. The average Bonchev–Trinajstić information content (AvgIpc) is 2.50. The molecule has 1 heterocycles. The molecule has 0 saturated heterocycles. The van der Waals surface area contributed by atoms with E-state index in [0.717, 1.165) is 23.7 Å². The van der Waals surface area contributed by atoms with E-state index >= 15 is 0 Å². The number of hydrogen-bond donors (Lipinski definition) is 1. The molecule has 0 aliphatic rings. The Morgan fingerprint density at radius 1 is 1.24 bits per heavy atom. The molecule has 21 heavy (non-hydrogen) atoms. The Hall–Kier alpha value is -2.36. The summed E-state index contributed by atoms with van der Waals surface area (Å²) in [4.78, 5) is 18.0. The van der Waals surface area contributed by atoms with Gasteiger partial charge in [-0.25, -0.2) is 4.98 Å². The van der Waals surface area contributed by atoms with Crippen molar-refractivity contribution in [2.75, 3.05) is 16.8 Å². The van der Waals surface area contributed by atoms with Crippen LogP contribution in [-0.4, -0.2) is 17.4 Å². The second kappa shape index (κ2) is 6.88. The first-order chi connectivity index (χ1) is 10.1. The molecular formula is C17H21N3O. The molecule has 0 aliphatic carbocycles. The third kappa shape index (κ3) is 3.81. The standard InChI is InChI=1S/C17H21N3O/c1-4-17(21)19-14-9-10-16(18-12-14)20(5-2)15-8-6-7-13(3)11-15/h6-12H,4-5H2,1-3H3,(H,19,21). The van der Waals surface area contributed by atoms with Gasteiger partial charge in [-0.15, -0.1) is 0 Å². The number of anilines is 3. The van der Waals surface area contributed by atoms with Gasteiger partial charge in [0.15, 0.2) is 0 Å². The summed E-state index contributed by atoms with van der Waals surface area (Å²) < 4.78 is 0. The molecule has 1 aromatic heterocycles. The second-order valence-corrected chi connectivity index (χ2v) is 4.89. The lowest BCUT2D eigenvalue weighted by atomic mass is 10.2. The number of hydrogen-bond acceptors (Lipinski definition) is 3. The molecule has 0 unspecified atom stereocenters. The number of nitrogens with zero attached hydrogens (tertiary/aromatic N) is 2. The minimum Gasteiger partial charge on any atom is -0.327 e. The van der Waals surface area contributed by atoms with E-state index < -0.39 is 0 Å². The highest BCUT2D eigenvalue weighted by Crippen LogP contribution is 2.24. The number of carbonyl (C=O) groups excluding carboxylic acids is 1. The van der Waals surface area contributed by atoms with Crippen LogP contribution >= 0.6 is 0 Å². The highest BCUT2D eigenvalue weighted by molar-refractivity contribution is 5.90. The normalized spacial score (nSPS) is 10.2. The fraction of sp³-hybridized carbons (Fsp3) is 0.294. The zero-order valence-electron chi connectivity index (χ0n) is 12.8. The van der Waals surface area contributed by atoms with Crippen LogP contribution < -0.4 is 10.2 Å². The predicted octanol–water partition coefficient (Wildman–Crippen LogP) is 3.90. The number of carbonyl (C=O) groups is 1. The predicted molar refractivity (Wildman–Crippen MR) is 87.0 cm³/mol. The molecule has 0 atom stereocenters. The summed E-state index contributed by atoms with van der Waals surface area (Å²) in [5, 5.41) is 2.80. The maximum atomic E-state index is 11.4. The second-order valence-electron chi connectivity index (χ2n) is 4.89. The summed E-state index contributed by atoms with van der Waals surface area (Å²) >= 11 is 0. The maximum absolute atomic E-state index is 11.4. The van der Waals surface area contributed by atoms with Crippen molar-refractivity contribution in [3.05, 3.63) is 48.2 Å². The number of pyridine rings is 1. The summed E-state index contributed by atoms with van der Waals surface area (Å²) in [5.41, 5.74) is 3.07. The van der Waals surface area contributed by atoms with Crippen molar-refractivity contribution in [2.24, 2.45) is 0 Å². The van der Waals surface area contributed by atoms with Crippen LogP contribution in [0.25, 0.3) is 0 Å². The fourth-order valence-electron chi connectivity index (χ4n) is 2.14. The van der Waals surface area contributed by atoms with Crippen molar-refractivity contribution in [1.29, 1.82) is 0 Å². The highest BCUT2D eigenvalue weighted by Gasteiger charge is 2.09. The first kappa shape index (κ1) is 15.0. The molecule has 0 aliphatic heterocycles. The van der Waals surface area contributed by atoms with Crippen molar-refractivity contribution in [2.45, 2.75) is 27.2 Å². The fourth-order valence-corrected chi connectivity index (χ4v) is 2.14. The van der Waals surface area contributed by atoms with Gasteiger partial charge < -0.3 is 10.2 Å². The highest BCUT2D eigenvalue weighted by atomic mass is 16.1.